The van der Waals surface area contributed by atoms with E-state index in [9.17, 15) is 4.79 Å². The molecule has 4 heteroatoms. The zero-order valence-corrected chi connectivity index (χ0v) is 11.9. The van der Waals surface area contributed by atoms with Crippen LogP contribution in [0.5, 0.6) is 0 Å². The van der Waals surface area contributed by atoms with E-state index in [1.165, 1.54) is 5.56 Å². The maximum Gasteiger partial charge on any atom is 0.361 e. The molecule has 0 atom stereocenters. The topological polar surface area (TPSA) is 52.3 Å². The summed E-state index contributed by atoms with van der Waals surface area (Å²) in [5.74, 6) is -0.458. The first-order valence-corrected chi connectivity index (χ1v) is 6.83. The van der Waals surface area contributed by atoms with E-state index in [2.05, 4.69) is 24.2 Å². The van der Waals surface area contributed by atoms with E-state index >= 15 is 0 Å². The highest BCUT2D eigenvalue weighted by molar-refractivity contribution is 6.02. The lowest BCUT2D eigenvalue weighted by Gasteiger charge is -2.05. The molecule has 0 aliphatic carbocycles. The largest absolute Gasteiger partial charge is 0.461 e. The van der Waals surface area contributed by atoms with Crippen LogP contribution in [0.3, 0.4) is 0 Å². The Bertz CT molecular complexity index is 805. The van der Waals surface area contributed by atoms with Gasteiger partial charge in [0.15, 0.2) is 11.3 Å². The summed E-state index contributed by atoms with van der Waals surface area (Å²) in [6.07, 6.45) is 0. The van der Waals surface area contributed by atoms with Crippen molar-refractivity contribution in [3.8, 4) is 11.1 Å². The third-order valence-electron chi connectivity index (χ3n) is 3.40. The molecule has 0 amide bonds. The normalized spacial score (nSPS) is 10.8. The van der Waals surface area contributed by atoms with Crippen LogP contribution in [0.4, 0.5) is 0 Å². The molecule has 0 N–H and O–H groups in total. The summed E-state index contributed by atoms with van der Waals surface area (Å²) in [5.41, 5.74) is 4.16. The van der Waals surface area contributed by atoms with E-state index in [0.717, 1.165) is 11.1 Å². The van der Waals surface area contributed by atoms with E-state index in [1.807, 2.05) is 30.3 Å². The molecule has 0 fully saturated rings. The van der Waals surface area contributed by atoms with Gasteiger partial charge in [0.2, 0.25) is 0 Å². The third-order valence-corrected chi connectivity index (χ3v) is 3.40. The predicted octanol–water partition coefficient (Wildman–Crippen LogP) is 3.98. The van der Waals surface area contributed by atoms with Gasteiger partial charge in [-0.1, -0.05) is 35.5 Å². The molecule has 3 aromatic rings. The standard InChI is InChI=1S/C17H15NO3/c1-3-20-17(19)16-14-9-8-12(10-15(14)21-18-16)13-7-5-4-6-11(13)2/h4-10H,3H2,1-2H3. The Balaban J connectivity index is 2.07. The van der Waals surface area contributed by atoms with Crippen molar-refractivity contribution in [2.45, 2.75) is 13.8 Å². The minimum atomic E-state index is -0.458. The molecule has 2 aromatic carbocycles. The van der Waals surface area contributed by atoms with E-state index in [0.29, 0.717) is 17.6 Å². The summed E-state index contributed by atoms with van der Waals surface area (Å²) in [5, 5.41) is 4.49. The van der Waals surface area contributed by atoms with Gasteiger partial charge in [-0.05, 0) is 42.7 Å². The Morgan fingerprint density at radius 2 is 2.05 bits per heavy atom. The third kappa shape index (κ3) is 2.40. The number of nitrogens with zero attached hydrogens (tertiary/aromatic N) is 1. The van der Waals surface area contributed by atoms with Crippen molar-refractivity contribution in [3.05, 3.63) is 53.7 Å². The van der Waals surface area contributed by atoms with Crippen molar-refractivity contribution < 1.29 is 14.1 Å². The maximum atomic E-state index is 11.8. The van der Waals surface area contributed by atoms with E-state index < -0.39 is 5.97 Å². The van der Waals surface area contributed by atoms with Gasteiger partial charge in [0.05, 0.1) is 12.0 Å². The molecule has 106 valence electrons. The second-order valence-electron chi connectivity index (χ2n) is 4.78. The van der Waals surface area contributed by atoms with E-state index in [1.54, 1.807) is 6.92 Å². The molecule has 0 spiro atoms. The molecular weight excluding hydrogens is 266 g/mol. The van der Waals surface area contributed by atoms with Gasteiger partial charge in [-0.15, -0.1) is 0 Å². The highest BCUT2D eigenvalue weighted by atomic mass is 16.5. The fourth-order valence-electron chi connectivity index (χ4n) is 2.35. The highest BCUT2D eigenvalue weighted by Gasteiger charge is 2.17. The SMILES string of the molecule is CCOC(=O)c1noc2cc(-c3ccccc3C)ccc12. The van der Waals surface area contributed by atoms with Crippen LogP contribution in [0, 0.1) is 6.92 Å². The van der Waals surface area contributed by atoms with Crippen LogP contribution in [0.15, 0.2) is 47.0 Å². The first kappa shape index (κ1) is 13.4. The molecule has 4 nitrogen and oxygen atoms in total. The molecule has 1 heterocycles. The van der Waals surface area contributed by atoms with Crippen LogP contribution in [0.25, 0.3) is 22.1 Å². The molecule has 0 bridgehead atoms. The van der Waals surface area contributed by atoms with Gasteiger partial charge in [0.1, 0.15) is 0 Å². The van der Waals surface area contributed by atoms with Crippen LogP contribution in [0.2, 0.25) is 0 Å². The lowest BCUT2D eigenvalue weighted by Crippen LogP contribution is -2.05. The quantitative estimate of drug-likeness (QED) is 0.681. The number of aryl methyl sites for hydroxylation is 1. The van der Waals surface area contributed by atoms with Crippen LogP contribution in [-0.4, -0.2) is 17.7 Å². The Kier molecular flexibility index (Phi) is 3.44. The van der Waals surface area contributed by atoms with Crippen molar-refractivity contribution >= 4 is 16.9 Å². The lowest BCUT2D eigenvalue weighted by molar-refractivity contribution is 0.0517. The van der Waals surface area contributed by atoms with Gasteiger partial charge in [-0.3, -0.25) is 0 Å². The van der Waals surface area contributed by atoms with Gasteiger partial charge < -0.3 is 9.26 Å². The molecule has 21 heavy (non-hydrogen) atoms. The molecule has 0 radical (unpaired) electrons. The zero-order valence-electron chi connectivity index (χ0n) is 11.9. The monoisotopic (exact) mass is 281 g/mol. The molecule has 0 aliphatic heterocycles. The van der Waals surface area contributed by atoms with Crippen LogP contribution < -0.4 is 0 Å². The van der Waals surface area contributed by atoms with Gasteiger partial charge in [-0.25, -0.2) is 4.79 Å². The number of carbonyl (C=O) groups is 1. The number of benzene rings is 2. The van der Waals surface area contributed by atoms with Crippen molar-refractivity contribution in [2.24, 2.45) is 0 Å². The van der Waals surface area contributed by atoms with Crippen molar-refractivity contribution in [1.82, 2.24) is 5.16 Å². The fraction of sp³-hybridized carbons (Fsp3) is 0.176. The van der Waals surface area contributed by atoms with Crippen LogP contribution in [0.1, 0.15) is 23.0 Å². The smallest absolute Gasteiger partial charge is 0.361 e. The van der Waals surface area contributed by atoms with Crippen LogP contribution >= 0.6 is 0 Å². The minimum Gasteiger partial charge on any atom is -0.461 e. The van der Waals surface area contributed by atoms with Crippen molar-refractivity contribution in [1.29, 1.82) is 0 Å². The molecule has 0 unspecified atom stereocenters. The predicted molar refractivity (Wildman–Crippen MR) is 80.1 cm³/mol. The summed E-state index contributed by atoms with van der Waals surface area (Å²) < 4.78 is 10.2. The van der Waals surface area contributed by atoms with Gasteiger partial charge in [0, 0.05) is 0 Å². The molecule has 3 rings (SSSR count). The summed E-state index contributed by atoms with van der Waals surface area (Å²) in [6, 6.07) is 13.8. The number of esters is 1. The minimum absolute atomic E-state index is 0.225. The summed E-state index contributed by atoms with van der Waals surface area (Å²) in [4.78, 5) is 11.8. The number of carbonyl (C=O) groups excluding carboxylic acids is 1. The number of hydrogen-bond acceptors (Lipinski definition) is 4. The number of hydrogen-bond donors (Lipinski definition) is 0. The number of rotatable bonds is 3. The second kappa shape index (κ2) is 5.40. The van der Waals surface area contributed by atoms with Crippen molar-refractivity contribution in [2.75, 3.05) is 6.61 Å². The molecule has 0 saturated heterocycles. The first-order chi connectivity index (χ1) is 10.2. The Hall–Kier alpha value is -2.62. The van der Waals surface area contributed by atoms with Gasteiger partial charge >= 0.3 is 5.97 Å². The van der Waals surface area contributed by atoms with Gasteiger partial charge in [-0.2, -0.15) is 0 Å². The van der Waals surface area contributed by atoms with Crippen molar-refractivity contribution in [3.63, 3.8) is 0 Å². The summed E-state index contributed by atoms with van der Waals surface area (Å²) >= 11 is 0. The Labute approximate surface area is 122 Å². The van der Waals surface area contributed by atoms with E-state index in [4.69, 9.17) is 9.26 Å². The first-order valence-electron chi connectivity index (χ1n) is 6.83. The molecule has 1 aromatic heterocycles. The number of fused-ring (bicyclic) bond motifs is 1. The molecule has 0 saturated carbocycles. The number of aromatic nitrogens is 1. The van der Waals surface area contributed by atoms with Gasteiger partial charge in [0.25, 0.3) is 0 Å². The molecule has 0 aliphatic rings. The Morgan fingerprint density at radius 1 is 1.24 bits per heavy atom. The number of ether oxygens (including phenoxy) is 1. The average Bonchev–Trinajstić information content (AvgIpc) is 2.91. The average molecular weight is 281 g/mol. The zero-order chi connectivity index (χ0) is 14.8. The summed E-state index contributed by atoms with van der Waals surface area (Å²) in [7, 11) is 0. The van der Waals surface area contributed by atoms with Crippen LogP contribution in [-0.2, 0) is 4.74 Å². The van der Waals surface area contributed by atoms with E-state index in [-0.39, 0.29) is 5.69 Å². The maximum absolute atomic E-state index is 11.8. The summed E-state index contributed by atoms with van der Waals surface area (Å²) in [6.45, 7) is 4.13. The Morgan fingerprint density at radius 3 is 2.81 bits per heavy atom. The second-order valence-corrected chi connectivity index (χ2v) is 4.78. The highest BCUT2D eigenvalue weighted by Crippen LogP contribution is 2.28. The lowest BCUT2D eigenvalue weighted by atomic mass is 9.99. The molecular formula is C17H15NO3. The fourth-order valence-corrected chi connectivity index (χ4v) is 2.35.